The molecule has 2 aromatic rings. The van der Waals surface area contributed by atoms with Crippen molar-refractivity contribution in [2.24, 2.45) is 0 Å². The number of nitrogens with one attached hydrogen (secondary N) is 1. The second kappa shape index (κ2) is 5.68. The number of halogens is 1. The van der Waals surface area contributed by atoms with Crippen LogP contribution in [0, 0.1) is 0 Å². The fraction of sp³-hybridized carbons (Fsp3) is 0.333. The predicted octanol–water partition coefficient (Wildman–Crippen LogP) is 3.76. The molecule has 1 heterocycles. The number of hydrogen-bond donors (Lipinski definition) is 1. The van der Waals surface area contributed by atoms with Crippen LogP contribution in [-0.2, 0) is 13.2 Å². The highest BCUT2D eigenvalue weighted by atomic mass is 35.5. The van der Waals surface area contributed by atoms with Gasteiger partial charge in [-0.1, -0.05) is 23.7 Å². The smallest absolute Gasteiger partial charge is 0.138 e. The zero-order chi connectivity index (χ0) is 13.1. The van der Waals surface area contributed by atoms with E-state index in [-0.39, 0.29) is 0 Å². The highest BCUT2D eigenvalue weighted by molar-refractivity contribution is 6.32. The quantitative estimate of drug-likeness (QED) is 0.873. The van der Waals surface area contributed by atoms with Gasteiger partial charge in [-0.2, -0.15) is 0 Å². The molecule has 1 saturated carbocycles. The second-order valence-corrected chi connectivity index (χ2v) is 5.15. The van der Waals surface area contributed by atoms with Gasteiger partial charge >= 0.3 is 0 Å². The molecular weight excluding hydrogens is 262 g/mol. The number of hydrogen-bond acceptors (Lipinski definition) is 3. The van der Waals surface area contributed by atoms with Gasteiger partial charge in [0.25, 0.3) is 0 Å². The van der Waals surface area contributed by atoms with Crippen molar-refractivity contribution >= 4 is 11.6 Å². The molecule has 1 aromatic carbocycles. The van der Waals surface area contributed by atoms with Gasteiger partial charge in [-0.3, -0.25) is 0 Å². The average Bonchev–Trinajstić information content (AvgIpc) is 3.14. The SMILES string of the molecule is Clc1ccccc1OCc1ccoc1CNC1CC1. The molecule has 0 spiro atoms. The maximum absolute atomic E-state index is 6.05. The molecule has 3 nitrogen and oxygen atoms in total. The van der Waals surface area contributed by atoms with Crippen LogP contribution in [0.5, 0.6) is 5.75 Å². The first-order valence-corrected chi connectivity index (χ1v) is 6.86. The van der Waals surface area contributed by atoms with E-state index in [1.807, 2.05) is 30.3 Å². The van der Waals surface area contributed by atoms with Crippen LogP contribution >= 0.6 is 11.6 Å². The van der Waals surface area contributed by atoms with E-state index in [4.69, 9.17) is 20.8 Å². The zero-order valence-electron chi connectivity index (χ0n) is 10.6. The van der Waals surface area contributed by atoms with Gasteiger partial charge in [0.1, 0.15) is 18.1 Å². The molecule has 0 bridgehead atoms. The summed E-state index contributed by atoms with van der Waals surface area (Å²) in [6.45, 7) is 1.24. The van der Waals surface area contributed by atoms with E-state index < -0.39 is 0 Å². The fourth-order valence-electron chi connectivity index (χ4n) is 1.89. The average molecular weight is 278 g/mol. The van der Waals surface area contributed by atoms with Crippen LogP contribution in [0.1, 0.15) is 24.2 Å². The lowest BCUT2D eigenvalue weighted by atomic mass is 10.2. The Morgan fingerprint density at radius 2 is 2.11 bits per heavy atom. The van der Waals surface area contributed by atoms with E-state index in [0.717, 1.165) is 17.9 Å². The molecule has 0 amide bonds. The minimum atomic E-state index is 0.474. The zero-order valence-corrected chi connectivity index (χ0v) is 11.3. The number of ether oxygens (including phenoxy) is 1. The van der Waals surface area contributed by atoms with Crippen LogP contribution < -0.4 is 10.1 Å². The summed E-state index contributed by atoms with van der Waals surface area (Å²) in [5.74, 6) is 1.64. The summed E-state index contributed by atoms with van der Waals surface area (Å²) >= 11 is 6.05. The minimum absolute atomic E-state index is 0.474. The summed E-state index contributed by atoms with van der Waals surface area (Å²) in [7, 11) is 0. The third-order valence-electron chi connectivity index (χ3n) is 3.19. The summed E-state index contributed by atoms with van der Waals surface area (Å²) in [5.41, 5.74) is 1.06. The van der Waals surface area contributed by atoms with Crippen LogP contribution in [0.4, 0.5) is 0 Å². The lowest BCUT2D eigenvalue weighted by molar-refractivity contribution is 0.301. The van der Waals surface area contributed by atoms with Crippen molar-refractivity contribution in [1.82, 2.24) is 5.32 Å². The highest BCUT2D eigenvalue weighted by Crippen LogP contribution is 2.25. The summed E-state index contributed by atoms with van der Waals surface area (Å²) in [4.78, 5) is 0. The third kappa shape index (κ3) is 3.31. The van der Waals surface area contributed by atoms with Crippen molar-refractivity contribution in [2.45, 2.75) is 32.0 Å². The van der Waals surface area contributed by atoms with Crippen LogP contribution in [-0.4, -0.2) is 6.04 Å². The van der Waals surface area contributed by atoms with Gasteiger partial charge in [0.15, 0.2) is 0 Å². The first-order valence-electron chi connectivity index (χ1n) is 6.49. The number of rotatable bonds is 6. The van der Waals surface area contributed by atoms with Crippen molar-refractivity contribution in [3.8, 4) is 5.75 Å². The first-order chi connectivity index (χ1) is 9.33. The standard InChI is InChI=1S/C15H16ClNO2/c16-13-3-1-2-4-14(13)19-10-11-7-8-18-15(11)9-17-12-5-6-12/h1-4,7-8,12,17H,5-6,9-10H2. The van der Waals surface area contributed by atoms with Crippen molar-refractivity contribution < 1.29 is 9.15 Å². The van der Waals surface area contributed by atoms with Gasteiger partial charge in [-0.15, -0.1) is 0 Å². The van der Waals surface area contributed by atoms with Crippen LogP contribution in [0.25, 0.3) is 0 Å². The van der Waals surface area contributed by atoms with Gasteiger partial charge in [-0.05, 0) is 31.0 Å². The molecule has 1 aliphatic carbocycles. The molecule has 1 N–H and O–H groups in total. The van der Waals surface area contributed by atoms with Gasteiger partial charge in [0, 0.05) is 11.6 Å². The molecule has 100 valence electrons. The van der Waals surface area contributed by atoms with E-state index in [1.54, 1.807) is 6.26 Å². The minimum Gasteiger partial charge on any atom is -0.487 e. The number of para-hydroxylation sites is 1. The summed E-state index contributed by atoms with van der Waals surface area (Å²) < 4.78 is 11.2. The topological polar surface area (TPSA) is 34.4 Å². The predicted molar refractivity (Wildman–Crippen MR) is 74.4 cm³/mol. The van der Waals surface area contributed by atoms with E-state index >= 15 is 0 Å². The van der Waals surface area contributed by atoms with E-state index in [1.165, 1.54) is 12.8 Å². The van der Waals surface area contributed by atoms with Crippen molar-refractivity contribution in [1.29, 1.82) is 0 Å². The van der Waals surface area contributed by atoms with E-state index in [0.29, 0.717) is 23.4 Å². The monoisotopic (exact) mass is 277 g/mol. The molecule has 1 aromatic heterocycles. The molecule has 0 atom stereocenters. The van der Waals surface area contributed by atoms with Gasteiger partial charge in [-0.25, -0.2) is 0 Å². The largest absolute Gasteiger partial charge is 0.487 e. The molecule has 3 rings (SSSR count). The van der Waals surface area contributed by atoms with Crippen LogP contribution in [0.2, 0.25) is 5.02 Å². The molecule has 1 fully saturated rings. The number of benzene rings is 1. The third-order valence-corrected chi connectivity index (χ3v) is 3.50. The van der Waals surface area contributed by atoms with E-state index in [9.17, 15) is 0 Å². The molecule has 0 radical (unpaired) electrons. The summed E-state index contributed by atoms with van der Waals surface area (Å²) in [5, 5.41) is 4.06. The molecule has 0 aliphatic heterocycles. The number of furan rings is 1. The highest BCUT2D eigenvalue weighted by Gasteiger charge is 2.21. The Hall–Kier alpha value is -1.45. The Bertz CT molecular complexity index is 549. The van der Waals surface area contributed by atoms with Gasteiger partial charge in [0.05, 0.1) is 17.8 Å². The molecule has 1 aliphatic rings. The van der Waals surface area contributed by atoms with Crippen LogP contribution in [0.3, 0.4) is 0 Å². The van der Waals surface area contributed by atoms with Crippen molar-refractivity contribution in [3.05, 3.63) is 52.9 Å². The molecule has 4 heteroatoms. The van der Waals surface area contributed by atoms with Crippen molar-refractivity contribution in [2.75, 3.05) is 0 Å². The first kappa shape index (κ1) is 12.6. The Morgan fingerprint density at radius 3 is 2.89 bits per heavy atom. The Labute approximate surface area is 117 Å². The molecule has 0 unspecified atom stereocenters. The van der Waals surface area contributed by atoms with Gasteiger partial charge in [0.2, 0.25) is 0 Å². The summed E-state index contributed by atoms with van der Waals surface area (Å²) in [6, 6.07) is 10.1. The van der Waals surface area contributed by atoms with Crippen LogP contribution in [0.15, 0.2) is 41.0 Å². The second-order valence-electron chi connectivity index (χ2n) is 4.74. The van der Waals surface area contributed by atoms with E-state index in [2.05, 4.69) is 5.32 Å². The van der Waals surface area contributed by atoms with Gasteiger partial charge < -0.3 is 14.5 Å². The maximum atomic E-state index is 6.05. The lowest BCUT2D eigenvalue weighted by Gasteiger charge is -2.08. The fourth-order valence-corrected chi connectivity index (χ4v) is 2.08. The molecule has 0 saturated heterocycles. The maximum Gasteiger partial charge on any atom is 0.138 e. The van der Waals surface area contributed by atoms with Crippen molar-refractivity contribution in [3.63, 3.8) is 0 Å². The molecule has 19 heavy (non-hydrogen) atoms. The normalized spacial score (nSPS) is 14.6. The molecular formula is C15H16ClNO2. The Balaban J connectivity index is 1.60. The Morgan fingerprint density at radius 1 is 1.26 bits per heavy atom. The summed E-state index contributed by atoms with van der Waals surface area (Å²) in [6.07, 6.45) is 4.24. The lowest BCUT2D eigenvalue weighted by Crippen LogP contribution is -2.16. The Kier molecular flexibility index (Phi) is 3.76.